The maximum absolute atomic E-state index is 12.3. The van der Waals surface area contributed by atoms with Gasteiger partial charge in [0, 0.05) is 0 Å². The third-order valence-electron chi connectivity index (χ3n) is 2.42. The highest BCUT2D eigenvalue weighted by Gasteiger charge is 2.22. The number of hydrogen-bond donors (Lipinski definition) is 1. The molecule has 8 heteroatoms. The van der Waals surface area contributed by atoms with Crippen LogP contribution in [0.2, 0.25) is 0 Å². The van der Waals surface area contributed by atoms with E-state index >= 15 is 0 Å². The predicted octanol–water partition coefficient (Wildman–Crippen LogP) is 3.18. The SMILES string of the molecule is CCOc1cc(/C=C2/SC(=S)NC2=O)ccc1OC(F)F. The van der Waals surface area contributed by atoms with E-state index in [0.29, 0.717) is 21.4 Å². The average molecular weight is 331 g/mol. The zero-order valence-corrected chi connectivity index (χ0v) is 12.5. The Bertz CT molecular complexity index is 605. The lowest BCUT2D eigenvalue weighted by atomic mass is 10.2. The quantitative estimate of drug-likeness (QED) is 0.663. The Morgan fingerprint density at radius 3 is 2.76 bits per heavy atom. The van der Waals surface area contributed by atoms with E-state index in [1.165, 1.54) is 12.1 Å². The number of carbonyl (C=O) groups is 1. The number of thiocarbonyl (C=S) groups is 1. The van der Waals surface area contributed by atoms with Crippen LogP contribution in [-0.2, 0) is 4.79 Å². The first-order chi connectivity index (χ1) is 9.99. The molecule has 1 aliphatic heterocycles. The van der Waals surface area contributed by atoms with Gasteiger partial charge < -0.3 is 14.8 Å². The van der Waals surface area contributed by atoms with Crippen LogP contribution < -0.4 is 14.8 Å². The maximum Gasteiger partial charge on any atom is 0.387 e. The lowest BCUT2D eigenvalue weighted by Gasteiger charge is -2.11. The molecule has 1 aromatic carbocycles. The number of alkyl halides is 2. The fourth-order valence-electron chi connectivity index (χ4n) is 1.65. The number of nitrogens with one attached hydrogen (secondary N) is 1. The average Bonchev–Trinajstić information content (AvgIpc) is 2.71. The molecule has 1 saturated heterocycles. The molecule has 0 radical (unpaired) electrons. The Morgan fingerprint density at radius 1 is 1.43 bits per heavy atom. The molecule has 0 spiro atoms. The zero-order valence-electron chi connectivity index (χ0n) is 10.9. The Hall–Kier alpha value is -1.67. The van der Waals surface area contributed by atoms with Gasteiger partial charge in [-0.05, 0) is 30.7 Å². The smallest absolute Gasteiger partial charge is 0.387 e. The van der Waals surface area contributed by atoms with Gasteiger partial charge in [0.1, 0.15) is 4.32 Å². The second-order valence-corrected chi connectivity index (χ2v) is 5.59. The minimum Gasteiger partial charge on any atom is -0.490 e. The predicted molar refractivity (Wildman–Crippen MR) is 80.6 cm³/mol. The van der Waals surface area contributed by atoms with E-state index in [4.69, 9.17) is 17.0 Å². The molecular weight excluding hydrogens is 320 g/mol. The third kappa shape index (κ3) is 4.15. The minimum absolute atomic E-state index is 0.0481. The van der Waals surface area contributed by atoms with Crippen LogP contribution in [-0.4, -0.2) is 23.4 Å². The molecule has 21 heavy (non-hydrogen) atoms. The van der Waals surface area contributed by atoms with Gasteiger partial charge >= 0.3 is 6.61 Å². The Balaban J connectivity index is 2.29. The van der Waals surface area contributed by atoms with Crippen molar-refractivity contribution in [1.82, 2.24) is 5.32 Å². The summed E-state index contributed by atoms with van der Waals surface area (Å²) in [5.74, 6) is -0.137. The summed E-state index contributed by atoms with van der Waals surface area (Å²) in [5.41, 5.74) is 0.627. The van der Waals surface area contributed by atoms with E-state index in [9.17, 15) is 13.6 Å². The normalized spacial score (nSPS) is 16.5. The van der Waals surface area contributed by atoms with Crippen LogP contribution in [0, 0.1) is 0 Å². The fourth-order valence-corrected chi connectivity index (χ4v) is 2.69. The van der Waals surface area contributed by atoms with Crippen LogP contribution in [0.1, 0.15) is 12.5 Å². The molecule has 1 aliphatic rings. The van der Waals surface area contributed by atoms with Crippen LogP contribution in [0.4, 0.5) is 8.78 Å². The highest BCUT2D eigenvalue weighted by Crippen LogP contribution is 2.32. The lowest BCUT2D eigenvalue weighted by Crippen LogP contribution is -2.17. The highest BCUT2D eigenvalue weighted by atomic mass is 32.2. The zero-order chi connectivity index (χ0) is 15.4. The standard InChI is InChI=1S/C13H11F2NO3S2/c1-2-18-9-5-7(3-4-8(9)19-12(14)15)6-10-11(17)16-13(20)21-10/h3-6,12H,2H2,1H3,(H,16,17,20)/b10-6+. The number of thioether (sulfide) groups is 1. The maximum atomic E-state index is 12.3. The second-order valence-electron chi connectivity index (χ2n) is 3.87. The molecule has 0 aromatic heterocycles. The van der Waals surface area contributed by atoms with Crippen molar-refractivity contribution in [2.24, 2.45) is 0 Å². The fraction of sp³-hybridized carbons (Fsp3) is 0.231. The Kier molecular flexibility index (Phi) is 5.13. The molecule has 0 aliphatic carbocycles. The van der Waals surface area contributed by atoms with Crippen molar-refractivity contribution in [1.29, 1.82) is 0 Å². The van der Waals surface area contributed by atoms with Crippen LogP contribution >= 0.6 is 24.0 Å². The number of carbonyl (C=O) groups excluding carboxylic acids is 1. The Labute approximate surface area is 129 Å². The summed E-state index contributed by atoms with van der Waals surface area (Å²) in [6.45, 7) is -0.892. The molecule has 1 fully saturated rings. The molecular formula is C13H11F2NO3S2. The van der Waals surface area contributed by atoms with E-state index in [1.807, 2.05) is 0 Å². The first-order valence-electron chi connectivity index (χ1n) is 5.96. The van der Waals surface area contributed by atoms with Crippen molar-refractivity contribution in [3.63, 3.8) is 0 Å². The summed E-state index contributed by atoms with van der Waals surface area (Å²) >= 11 is 6.03. The van der Waals surface area contributed by atoms with Gasteiger partial charge in [-0.1, -0.05) is 30.0 Å². The summed E-state index contributed by atoms with van der Waals surface area (Å²) in [4.78, 5) is 12.0. The van der Waals surface area contributed by atoms with Crippen LogP contribution in [0.15, 0.2) is 23.1 Å². The van der Waals surface area contributed by atoms with Gasteiger partial charge in [0.15, 0.2) is 11.5 Å². The van der Waals surface area contributed by atoms with Crippen molar-refractivity contribution in [2.45, 2.75) is 13.5 Å². The topological polar surface area (TPSA) is 47.6 Å². The third-order valence-corrected chi connectivity index (χ3v) is 3.59. The first-order valence-corrected chi connectivity index (χ1v) is 7.18. The van der Waals surface area contributed by atoms with Gasteiger partial charge in [-0.2, -0.15) is 8.78 Å². The van der Waals surface area contributed by atoms with Gasteiger partial charge in [-0.3, -0.25) is 4.79 Å². The molecule has 0 saturated carbocycles. The van der Waals surface area contributed by atoms with Crippen molar-refractivity contribution in [3.8, 4) is 11.5 Å². The van der Waals surface area contributed by atoms with E-state index in [2.05, 4.69) is 10.1 Å². The number of hydrogen-bond acceptors (Lipinski definition) is 5. The summed E-state index contributed by atoms with van der Waals surface area (Å²) < 4.78 is 34.6. The van der Waals surface area contributed by atoms with E-state index < -0.39 is 6.61 Å². The summed E-state index contributed by atoms with van der Waals surface area (Å²) in [5, 5.41) is 2.50. The van der Waals surface area contributed by atoms with Crippen LogP contribution in [0.25, 0.3) is 6.08 Å². The molecule has 112 valence electrons. The van der Waals surface area contributed by atoms with Crippen molar-refractivity contribution < 1.29 is 23.0 Å². The molecule has 0 atom stereocenters. The Morgan fingerprint density at radius 2 is 2.19 bits per heavy atom. The largest absolute Gasteiger partial charge is 0.490 e. The summed E-state index contributed by atoms with van der Waals surface area (Å²) in [6, 6.07) is 4.46. The number of amides is 1. The van der Waals surface area contributed by atoms with E-state index in [1.54, 1.807) is 19.1 Å². The van der Waals surface area contributed by atoms with Gasteiger partial charge in [-0.25, -0.2) is 0 Å². The van der Waals surface area contributed by atoms with E-state index in [0.717, 1.165) is 11.8 Å². The lowest BCUT2D eigenvalue weighted by molar-refractivity contribution is -0.115. The molecule has 1 aromatic rings. The van der Waals surface area contributed by atoms with Crippen LogP contribution in [0.5, 0.6) is 11.5 Å². The molecule has 1 amide bonds. The molecule has 1 N–H and O–H groups in total. The highest BCUT2D eigenvalue weighted by molar-refractivity contribution is 8.26. The van der Waals surface area contributed by atoms with Gasteiger partial charge in [0.05, 0.1) is 11.5 Å². The molecule has 1 heterocycles. The van der Waals surface area contributed by atoms with Crippen molar-refractivity contribution >= 4 is 40.3 Å². The minimum atomic E-state index is -2.93. The monoisotopic (exact) mass is 331 g/mol. The number of halogens is 2. The molecule has 2 rings (SSSR count). The van der Waals surface area contributed by atoms with Gasteiger partial charge in [0.25, 0.3) is 5.91 Å². The van der Waals surface area contributed by atoms with Gasteiger partial charge in [-0.15, -0.1) is 0 Å². The van der Waals surface area contributed by atoms with Crippen molar-refractivity contribution in [2.75, 3.05) is 6.61 Å². The molecule has 0 bridgehead atoms. The van der Waals surface area contributed by atoms with Crippen molar-refractivity contribution in [3.05, 3.63) is 28.7 Å². The van der Waals surface area contributed by atoms with Crippen LogP contribution in [0.3, 0.4) is 0 Å². The number of ether oxygens (including phenoxy) is 2. The molecule has 0 unspecified atom stereocenters. The summed E-state index contributed by atoms with van der Waals surface area (Å²) in [7, 11) is 0. The first kappa shape index (κ1) is 15.7. The number of benzene rings is 1. The second kappa shape index (κ2) is 6.86. The molecule has 4 nitrogen and oxygen atoms in total. The van der Waals surface area contributed by atoms with Gasteiger partial charge in [0.2, 0.25) is 0 Å². The number of rotatable bonds is 5. The van der Waals surface area contributed by atoms with E-state index in [-0.39, 0.29) is 17.4 Å². The summed E-state index contributed by atoms with van der Waals surface area (Å²) in [6.07, 6.45) is 1.61.